The van der Waals surface area contributed by atoms with Crippen LogP contribution < -0.4 is 5.76 Å². The van der Waals surface area contributed by atoms with Crippen LogP contribution in [0.25, 0.3) is 21.5 Å². The number of hydrogen-bond acceptors (Lipinski definition) is 4. The zero-order chi connectivity index (χ0) is 14.9. The van der Waals surface area contributed by atoms with Gasteiger partial charge in [0.15, 0.2) is 0 Å². The summed E-state index contributed by atoms with van der Waals surface area (Å²) in [4.78, 5) is 12.9. The molecule has 4 aromatic rings. The molecule has 2 heterocycles. The Labute approximate surface area is 130 Å². The maximum Gasteiger partial charge on any atom is 0.437 e. The van der Waals surface area contributed by atoms with E-state index in [-0.39, 0.29) is 0 Å². The van der Waals surface area contributed by atoms with E-state index < -0.39 is 5.76 Å². The Hall–Kier alpha value is -2.66. The van der Waals surface area contributed by atoms with Gasteiger partial charge >= 0.3 is 5.76 Å². The van der Waals surface area contributed by atoms with Crippen molar-refractivity contribution >= 4 is 22.1 Å². The van der Waals surface area contributed by atoms with Crippen molar-refractivity contribution in [3.8, 4) is 10.8 Å². The van der Waals surface area contributed by atoms with Gasteiger partial charge in [-0.1, -0.05) is 48.5 Å². The first-order valence-corrected chi connectivity index (χ1v) is 7.78. The molecule has 4 rings (SSSR count). The maximum atomic E-state index is 12.0. The number of thiophene rings is 1. The lowest BCUT2D eigenvalue weighted by molar-refractivity contribution is 0.496. The molecule has 0 amide bonds. The first-order valence-electron chi connectivity index (χ1n) is 6.90. The number of nitrogens with zero attached hydrogens (tertiary/aromatic N) is 2. The van der Waals surface area contributed by atoms with Crippen molar-refractivity contribution in [1.82, 2.24) is 9.78 Å². The number of fused-ring (bicyclic) bond motifs is 1. The number of aromatic nitrogens is 2. The molecule has 0 radical (unpaired) electrons. The highest BCUT2D eigenvalue weighted by atomic mass is 32.1. The fraction of sp³-hybridized carbons (Fsp3) is 0.0588. The molecular formula is C17H12N2O2S. The minimum absolute atomic E-state index is 0.375. The summed E-state index contributed by atoms with van der Waals surface area (Å²) in [6, 6.07) is 18.0. The minimum atomic E-state index is -0.434. The van der Waals surface area contributed by atoms with Gasteiger partial charge in [0.2, 0.25) is 0 Å². The molecule has 0 aliphatic rings. The molecule has 108 valence electrons. The predicted octanol–water partition coefficient (Wildman–Crippen LogP) is 3.77. The van der Waals surface area contributed by atoms with Crippen LogP contribution in [-0.4, -0.2) is 9.78 Å². The summed E-state index contributed by atoms with van der Waals surface area (Å²) in [6.45, 7) is 0.398. The van der Waals surface area contributed by atoms with Crippen LogP contribution in [0, 0.1) is 0 Å². The Morgan fingerprint density at radius 2 is 1.91 bits per heavy atom. The van der Waals surface area contributed by atoms with Gasteiger partial charge in [0.05, 0.1) is 11.4 Å². The van der Waals surface area contributed by atoms with E-state index in [1.165, 1.54) is 16.0 Å². The van der Waals surface area contributed by atoms with E-state index >= 15 is 0 Å². The molecule has 0 aliphatic heterocycles. The normalized spacial score (nSPS) is 11.1. The second kappa shape index (κ2) is 5.27. The zero-order valence-corrected chi connectivity index (χ0v) is 12.4. The van der Waals surface area contributed by atoms with Crippen LogP contribution in [-0.2, 0) is 6.54 Å². The smallest absolute Gasteiger partial charge is 0.387 e. The topological polar surface area (TPSA) is 48.0 Å². The van der Waals surface area contributed by atoms with Crippen molar-refractivity contribution in [3.63, 3.8) is 0 Å². The lowest BCUT2D eigenvalue weighted by atomic mass is 10.0. The monoisotopic (exact) mass is 308 g/mol. The molecule has 2 aromatic heterocycles. The standard InChI is InChI=1S/C17H12N2O2S/c20-17-19(18-16(21-17)15-9-4-10-22-15)11-13-7-3-6-12-5-1-2-8-14(12)13/h1-10H,11H2. The van der Waals surface area contributed by atoms with Crippen molar-refractivity contribution in [3.05, 3.63) is 76.1 Å². The van der Waals surface area contributed by atoms with Gasteiger partial charge in [-0.3, -0.25) is 0 Å². The SMILES string of the molecule is O=c1oc(-c2cccs2)nn1Cc1cccc2ccccc12. The van der Waals surface area contributed by atoms with Crippen molar-refractivity contribution in [2.24, 2.45) is 0 Å². The largest absolute Gasteiger partial charge is 0.437 e. The van der Waals surface area contributed by atoms with Crippen LogP contribution >= 0.6 is 11.3 Å². The third-order valence-corrected chi connectivity index (χ3v) is 4.40. The second-order valence-electron chi connectivity index (χ2n) is 4.95. The highest BCUT2D eigenvalue weighted by molar-refractivity contribution is 7.13. The predicted molar refractivity (Wildman–Crippen MR) is 87.1 cm³/mol. The molecule has 22 heavy (non-hydrogen) atoms. The highest BCUT2D eigenvalue weighted by Gasteiger charge is 2.12. The molecule has 0 N–H and O–H groups in total. The Morgan fingerprint density at radius 1 is 1.05 bits per heavy atom. The molecular weight excluding hydrogens is 296 g/mol. The van der Waals surface area contributed by atoms with E-state index in [0.29, 0.717) is 12.4 Å². The van der Waals surface area contributed by atoms with Crippen LogP contribution in [0.5, 0.6) is 0 Å². The van der Waals surface area contributed by atoms with E-state index in [4.69, 9.17) is 4.42 Å². The summed E-state index contributed by atoms with van der Waals surface area (Å²) in [6.07, 6.45) is 0. The lowest BCUT2D eigenvalue weighted by Gasteiger charge is -2.05. The maximum absolute atomic E-state index is 12.0. The van der Waals surface area contributed by atoms with E-state index in [1.54, 1.807) is 0 Å². The molecule has 0 atom stereocenters. The Balaban J connectivity index is 1.76. The van der Waals surface area contributed by atoms with Gasteiger partial charge in [0.1, 0.15) is 0 Å². The van der Waals surface area contributed by atoms with Crippen LogP contribution in [0.15, 0.2) is 69.2 Å². The van der Waals surface area contributed by atoms with Crippen LogP contribution in [0.1, 0.15) is 5.56 Å². The first kappa shape index (κ1) is 13.0. The molecule has 0 fully saturated rings. The van der Waals surface area contributed by atoms with E-state index in [9.17, 15) is 4.79 Å². The summed E-state index contributed by atoms with van der Waals surface area (Å²) in [5.74, 6) is -0.0587. The van der Waals surface area contributed by atoms with Gasteiger partial charge in [0, 0.05) is 0 Å². The Bertz CT molecular complexity index is 978. The molecule has 5 heteroatoms. The highest BCUT2D eigenvalue weighted by Crippen LogP contribution is 2.22. The van der Waals surface area contributed by atoms with Crippen molar-refractivity contribution in [2.75, 3.05) is 0 Å². The number of rotatable bonds is 3. The quantitative estimate of drug-likeness (QED) is 0.579. The van der Waals surface area contributed by atoms with E-state index in [1.807, 2.05) is 41.8 Å². The first-order chi connectivity index (χ1) is 10.8. The Morgan fingerprint density at radius 3 is 2.77 bits per heavy atom. The summed E-state index contributed by atoms with van der Waals surface area (Å²) in [5.41, 5.74) is 1.05. The number of benzene rings is 2. The average Bonchev–Trinajstić information content (AvgIpc) is 3.18. The summed E-state index contributed by atoms with van der Waals surface area (Å²) in [5, 5.41) is 8.50. The zero-order valence-electron chi connectivity index (χ0n) is 11.6. The van der Waals surface area contributed by atoms with Crippen molar-refractivity contribution < 1.29 is 4.42 Å². The molecule has 2 aromatic carbocycles. The third-order valence-electron chi connectivity index (χ3n) is 3.54. The molecule has 0 saturated carbocycles. The van der Waals surface area contributed by atoms with E-state index in [2.05, 4.69) is 23.3 Å². The molecule has 0 spiro atoms. The lowest BCUT2D eigenvalue weighted by Crippen LogP contribution is -2.16. The second-order valence-corrected chi connectivity index (χ2v) is 5.89. The minimum Gasteiger partial charge on any atom is -0.387 e. The number of hydrogen-bond donors (Lipinski definition) is 0. The molecule has 0 bridgehead atoms. The van der Waals surface area contributed by atoms with Gasteiger partial charge in [0.25, 0.3) is 5.89 Å². The molecule has 0 aliphatic carbocycles. The fourth-order valence-corrected chi connectivity index (χ4v) is 3.14. The van der Waals surface area contributed by atoms with Gasteiger partial charge in [-0.15, -0.1) is 16.4 Å². The average molecular weight is 308 g/mol. The summed E-state index contributed by atoms with van der Waals surface area (Å²) < 4.78 is 6.62. The van der Waals surface area contributed by atoms with Crippen molar-refractivity contribution in [2.45, 2.75) is 6.54 Å². The van der Waals surface area contributed by atoms with Crippen molar-refractivity contribution in [1.29, 1.82) is 0 Å². The fourth-order valence-electron chi connectivity index (χ4n) is 2.50. The van der Waals surface area contributed by atoms with E-state index in [0.717, 1.165) is 21.2 Å². The molecule has 0 unspecified atom stereocenters. The molecule has 0 saturated heterocycles. The van der Waals surface area contributed by atoms with Crippen LogP contribution in [0.2, 0.25) is 0 Å². The van der Waals surface area contributed by atoms with Gasteiger partial charge in [-0.05, 0) is 27.8 Å². The third kappa shape index (κ3) is 2.25. The van der Waals surface area contributed by atoms with Gasteiger partial charge in [-0.2, -0.15) is 4.68 Å². The van der Waals surface area contributed by atoms with Gasteiger partial charge in [-0.25, -0.2) is 4.79 Å². The van der Waals surface area contributed by atoms with Crippen LogP contribution in [0.3, 0.4) is 0 Å². The Kier molecular flexibility index (Phi) is 3.12. The van der Waals surface area contributed by atoms with Crippen LogP contribution in [0.4, 0.5) is 0 Å². The van der Waals surface area contributed by atoms with Gasteiger partial charge < -0.3 is 4.42 Å². The summed E-state index contributed by atoms with van der Waals surface area (Å²) in [7, 11) is 0. The molecule has 4 nitrogen and oxygen atoms in total. The summed E-state index contributed by atoms with van der Waals surface area (Å²) >= 11 is 1.50.